The standard InChI is InChI=1S/C16H16INO2S/c17-13-5-2-1-4-12(13)15(19)18-10-16(20,11-7-8-11)14-6-3-9-21-14/h1-6,9,11,20H,7-8,10H2,(H,18,19). The van der Waals surface area contributed by atoms with E-state index in [1.807, 2.05) is 35.7 Å². The zero-order valence-electron chi connectivity index (χ0n) is 11.4. The van der Waals surface area contributed by atoms with Gasteiger partial charge in [-0.2, -0.15) is 0 Å². The second-order valence-corrected chi connectivity index (χ2v) is 7.45. The van der Waals surface area contributed by atoms with Crippen LogP contribution >= 0.6 is 33.9 Å². The fourth-order valence-electron chi connectivity index (χ4n) is 2.47. The molecule has 1 aliphatic carbocycles. The van der Waals surface area contributed by atoms with Crippen molar-refractivity contribution in [1.29, 1.82) is 0 Å². The molecule has 0 aliphatic heterocycles. The minimum Gasteiger partial charge on any atom is -0.382 e. The van der Waals surface area contributed by atoms with Crippen LogP contribution in [0.4, 0.5) is 0 Å². The maximum Gasteiger partial charge on any atom is 0.252 e. The zero-order valence-corrected chi connectivity index (χ0v) is 14.4. The molecular weight excluding hydrogens is 397 g/mol. The van der Waals surface area contributed by atoms with Crippen LogP contribution in [0.3, 0.4) is 0 Å². The molecule has 1 atom stereocenters. The Morgan fingerprint density at radius 2 is 2.10 bits per heavy atom. The highest BCUT2D eigenvalue weighted by Crippen LogP contribution is 2.46. The monoisotopic (exact) mass is 413 g/mol. The highest BCUT2D eigenvalue weighted by molar-refractivity contribution is 14.1. The summed E-state index contributed by atoms with van der Waals surface area (Å²) in [4.78, 5) is 13.2. The van der Waals surface area contributed by atoms with Crippen LogP contribution < -0.4 is 5.32 Å². The van der Waals surface area contributed by atoms with Gasteiger partial charge < -0.3 is 10.4 Å². The summed E-state index contributed by atoms with van der Waals surface area (Å²) < 4.78 is 0.915. The third-order valence-corrected chi connectivity index (χ3v) is 5.81. The maximum atomic E-state index is 12.3. The second kappa shape index (κ2) is 6.06. The summed E-state index contributed by atoms with van der Waals surface area (Å²) in [5.41, 5.74) is -0.272. The molecule has 0 saturated heterocycles. The fourth-order valence-corrected chi connectivity index (χ4v) is 4.01. The third-order valence-electron chi connectivity index (χ3n) is 3.84. The first kappa shape index (κ1) is 15.0. The van der Waals surface area contributed by atoms with Crippen molar-refractivity contribution in [2.75, 3.05) is 6.54 Å². The third kappa shape index (κ3) is 3.14. The Morgan fingerprint density at radius 1 is 1.33 bits per heavy atom. The Kier molecular flexibility index (Phi) is 4.33. The Labute approximate surface area is 141 Å². The van der Waals surface area contributed by atoms with Crippen LogP contribution in [0.5, 0.6) is 0 Å². The maximum absolute atomic E-state index is 12.3. The molecule has 0 bridgehead atoms. The number of rotatable bonds is 5. The van der Waals surface area contributed by atoms with E-state index in [2.05, 4.69) is 27.9 Å². The number of thiophene rings is 1. The Balaban J connectivity index is 1.74. The van der Waals surface area contributed by atoms with Crippen LogP contribution in [0.25, 0.3) is 0 Å². The zero-order chi connectivity index (χ0) is 14.9. The number of halogens is 1. The van der Waals surface area contributed by atoms with E-state index in [-0.39, 0.29) is 18.4 Å². The van der Waals surface area contributed by atoms with Gasteiger partial charge in [0.25, 0.3) is 5.91 Å². The minimum absolute atomic E-state index is 0.129. The van der Waals surface area contributed by atoms with Crippen molar-refractivity contribution in [3.8, 4) is 0 Å². The first-order valence-electron chi connectivity index (χ1n) is 6.90. The predicted octanol–water partition coefficient (Wildman–Crippen LogP) is 3.38. The lowest BCUT2D eigenvalue weighted by Crippen LogP contribution is -2.42. The van der Waals surface area contributed by atoms with Crippen molar-refractivity contribution in [2.24, 2.45) is 5.92 Å². The highest BCUT2D eigenvalue weighted by atomic mass is 127. The molecule has 1 amide bonds. The van der Waals surface area contributed by atoms with Crippen molar-refractivity contribution in [3.63, 3.8) is 0 Å². The number of benzene rings is 1. The van der Waals surface area contributed by atoms with Gasteiger partial charge in [0.1, 0.15) is 5.60 Å². The van der Waals surface area contributed by atoms with E-state index in [9.17, 15) is 9.90 Å². The lowest BCUT2D eigenvalue weighted by Gasteiger charge is -2.27. The topological polar surface area (TPSA) is 49.3 Å². The lowest BCUT2D eigenvalue weighted by molar-refractivity contribution is 0.0169. The van der Waals surface area contributed by atoms with E-state index >= 15 is 0 Å². The summed E-state index contributed by atoms with van der Waals surface area (Å²) in [5, 5.41) is 15.8. The van der Waals surface area contributed by atoms with Gasteiger partial charge in [0.15, 0.2) is 0 Å². The molecular formula is C16H16INO2S. The van der Waals surface area contributed by atoms with E-state index in [1.54, 1.807) is 17.4 Å². The Hall–Kier alpha value is -0.920. The molecule has 3 nitrogen and oxygen atoms in total. The molecule has 21 heavy (non-hydrogen) atoms. The molecule has 5 heteroatoms. The predicted molar refractivity (Wildman–Crippen MR) is 92.4 cm³/mol. The van der Waals surface area contributed by atoms with Gasteiger partial charge in [-0.25, -0.2) is 0 Å². The van der Waals surface area contributed by atoms with Gasteiger partial charge in [-0.3, -0.25) is 4.79 Å². The first-order valence-corrected chi connectivity index (χ1v) is 8.86. The van der Waals surface area contributed by atoms with Crippen LogP contribution in [0, 0.1) is 9.49 Å². The van der Waals surface area contributed by atoms with Crippen LogP contribution in [0.2, 0.25) is 0 Å². The molecule has 2 aromatic rings. The van der Waals surface area contributed by atoms with Crippen molar-refractivity contribution in [1.82, 2.24) is 5.32 Å². The van der Waals surface area contributed by atoms with E-state index < -0.39 is 5.60 Å². The number of hydrogen-bond donors (Lipinski definition) is 2. The molecule has 2 N–H and O–H groups in total. The molecule has 1 heterocycles. The smallest absolute Gasteiger partial charge is 0.252 e. The molecule has 0 radical (unpaired) electrons. The summed E-state index contributed by atoms with van der Waals surface area (Å²) in [6.45, 7) is 0.266. The number of nitrogens with one attached hydrogen (secondary N) is 1. The number of carbonyl (C=O) groups excluding carboxylic acids is 1. The van der Waals surface area contributed by atoms with Crippen LogP contribution in [0.1, 0.15) is 28.1 Å². The number of hydrogen-bond acceptors (Lipinski definition) is 3. The minimum atomic E-state index is -0.927. The van der Waals surface area contributed by atoms with E-state index in [0.29, 0.717) is 5.56 Å². The Morgan fingerprint density at radius 3 is 2.71 bits per heavy atom. The fraction of sp³-hybridized carbons (Fsp3) is 0.312. The first-order chi connectivity index (χ1) is 10.1. The Bertz CT molecular complexity index is 639. The van der Waals surface area contributed by atoms with Gasteiger partial charge in [-0.1, -0.05) is 18.2 Å². The second-order valence-electron chi connectivity index (χ2n) is 5.34. The molecule has 110 valence electrons. The largest absolute Gasteiger partial charge is 0.382 e. The van der Waals surface area contributed by atoms with Gasteiger partial charge in [-0.05, 0) is 64.9 Å². The van der Waals surface area contributed by atoms with Crippen LogP contribution in [-0.4, -0.2) is 17.6 Å². The molecule has 1 fully saturated rings. The SMILES string of the molecule is O=C(NCC(O)(c1cccs1)C1CC1)c1ccccc1I. The van der Waals surface area contributed by atoms with Gasteiger partial charge in [0, 0.05) is 8.45 Å². The molecule has 0 spiro atoms. The summed E-state index contributed by atoms with van der Waals surface area (Å²) in [5.74, 6) is 0.127. The lowest BCUT2D eigenvalue weighted by atomic mass is 9.95. The van der Waals surface area contributed by atoms with E-state index in [1.165, 1.54) is 0 Å². The van der Waals surface area contributed by atoms with Crippen LogP contribution in [-0.2, 0) is 5.60 Å². The summed E-state index contributed by atoms with van der Waals surface area (Å²) in [7, 11) is 0. The molecule has 1 aliphatic rings. The highest BCUT2D eigenvalue weighted by Gasteiger charge is 2.46. The molecule has 1 saturated carbocycles. The van der Waals surface area contributed by atoms with Gasteiger partial charge in [-0.15, -0.1) is 11.3 Å². The summed E-state index contributed by atoms with van der Waals surface area (Å²) in [6.07, 6.45) is 2.04. The molecule has 1 unspecified atom stereocenters. The molecule has 1 aromatic heterocycles. The van der Waals surface area contributed by atoms with Gasteiger partial charge >= 0.3 is 0 Å². The van der Waals surface area contributed by atoms with Gasteiger partial charge in [0.05, 0.1) is 12.1 Å². The van der Waals surface area contributed by atoms with E-state index in [4.69, 9.17) is 0 Å². The van der Waals surface area contributed by atoms with Crippen molar-refractivity contribution in [3.05, 3.63) is 55.8 Å². The van der Waals surface area contributed by atoms with E-state index in [0.717, 1.165) is 21.3 Å². The normalized spacial score (nSPS) is 17.2. The quantitative estimate of drug-likeness (QED) is 0.739. The number of carbonyl (C=O) groups is 1. The molecule has 1 aromatic carbocycles. The number of amides is 1. The van der Waals surface area contributed by atoms with Crippen molar-refractivity contribution >= 4 is 39.8 Å². The average Bonchev–Trinajstić information content (AvgIpc) is 3.20. The number of aliphatic hydroxyl groups is 1. The summed E-state index contributed by atoms with van der Waals surface area (Å²) >= 11 is 3.70. The van der Waals surface area contributed by atoms with Crippen LogP contribution in [0.15, 0.2) is 41.8 Å². The summed E-state index contributed by atoms with van der Waals surface area (Å²) in [6, 6.07) is 11.4. The van der Waals surface area contributed by atoms with Crippen molar-refractivity contribution < 1.29 is 9.90 Å². The molecule has 3 rings (SSSR count). The average molecular weight is 413 g/mol. The van der Waals surface area contributed by atoms with Crippen molar-refractivity contribution in [2.45, 2.75) is 18.4 Å². The van der Waals surface area contributed by atoms with Gasteiger partial charge in [0.2, 0.25) is 0 Å².